The zero-order chi connectivity index (χ0) is 7.40. The van der Waals surface area contributed by atoms with E-state index in [0.717, 1.165) is 6.42 Å². The Hall–Kier alpha value is -1.29. The van der Waals surface area contributed by atoms with Crippen LogP contribution in [0.2, 0.25) is 0 Å². The predicted octanol–water partition coefficient (Wildman–Crippen LogP) is 1.92. The van der Waals surface area contributed by atoms with Crippen molar-refractivity contribution in [2.45, 2.75) is 13.3 Å². The van der Waals surface area contributed by atoms with E-state index in [0.29, 0.717) is 5.56 Å². The summed E-state index contributed by atoms with van der Waals surface area (Å²) in [5.74, 6) is 0. The second-order valence-electron chi connectivity index (χ2n) is 2.10. The van der Waals surface area contributed by atoms with Gasteiger partial charge in [0.15, 0.2) is 0 Å². The lowest BCUT2D eigenvalue weighted by molar-refractivity contribution is 1.14. The van der Waals surface area contributed by atoms with Gasteiger partial charge in [0.2, 0.25) is 0 Å². The van der Waals surface area contributed by atoms with Crippen molar-refractivity contribution in [2.75, 3.05) is 0 Å². The normalized spacial score (nSPS) is 8.80. The quantitative estimate of drug-likeness (QED) is 0.569. The molecule has 49 valence electrons. The van der Waals surface area contributed by atoms with Crippen molar-refractivity contribution in [3.8, 4) is 6.07 Å². The van der Waals surface area contributed by atoms with Crippen molar-refractivity contribution in [3.05, 3.63) is 35.4 Å². The van der Waals surface area contributed by atoms with Gasteiger partial charge in [0, 0.05) is 0 Å². The molecule has 0 spiro atoms. The summed E-state index contributed by atoms with van der Waals surface area (Å²) < 4.78 is 0. The standard InChI is InChI=1S/C9H8N/c1-2-8-4-3-5-9(6-8)7-10/h4-6H,2H2,1H3. The lowest BCUT2D eigenvalue weighted by Gasteiger charge is -1.93. The van der Waals surface area contributed by atoms with Crippen LogP contribution in [0.5, 0.6) is 0 Å². The fraction of sp³-hybridized carbons (Fsp3) is 0.222. The second-order valence-corrected chi connectivity index (χ2v) is 2.10. The summed E-state index contributed by atoms with van der Waals surface area (Å²) in [5, 5.41) is 8.49. The van der Waals surface area contributed by atoms with E-state index >= 15 is 0 Å². The van der Waals surface area contributed by atoms with E-state index in [1.807, 2.05) is 12.1 Å². The maximum absolute atomic E-state index is 8.49. The van der Waals surface area contributed by atoms with Crippen molar-refractivity contribution >= 4 is 0 Å². The monoisotopic (exact) mass is 130 g/mol. The van der Waals surface area contributed by atoms with Crippen LogP contribution in [0.15, 0.2) is 18.2 Å². The molecule has 0 aliphatic rings. The molecule has 0 saturated carbocycles. The molecule has 1 aromatic carbocycles. The highest BCUT2D eigenvalue weighted by Crippen LogP contribution is 2.02. The minimum atomic E-state index is 0.694. The number of hydrogen-bond acceptors (Lipinski definition) is 1. The van der Waals surface area contributed by atoms with E-state index in [-0.39, 0.29) is 0 Å². The maximum Gasteiger partial charge on any atom is 0.0991 e. The summed E-state index contributed by atoms with van der Waals surface area (Å²) in [7, 11) is 0. The summed E-state index contributed by atoms with van der Waals surface area (Å²) >= 11 is 0. The molecule has 1 nitrogen and oxygen atoms in total. The lowest BCUT2D eigenvalue weighted by Crippen LogP contribution is -1.80. The Morgan fingerprint density at radius 2 is 2.40 bits per heavy atom. The number of hydrogen-bond donors (Lipinski definition) is 0. The van der Waals surface area contributed by atoms with E-state index in [9.17, 15) is 0 Å². The number of benzene rings is 1. The van der Waals surface area contributed by atoms with Crippen molar-refractivity contribution < 1.29 is 0 Å². The van der Waals surface area contributed by atoms with Gasteiger partial charge >= 0.3 is 0 Å². The molecule has 0 aliphatic carbocycles. The van der Waals surface area contributed by atoms with Gasteiger partial charge in [0.25, 0.3) is 0 Å². The molecule has 1 aromatic rings. The Bertz CT molecular complexity index is 258. The Morgan fingerprint density at radius 3 is 3.00 bits per heavy atom. The van der Waals surface area contributed by atoms with Gasteiger partial charge in [0.05, 0.1) is 11.6 Å². The third-order valence-corrected chi connectivity index (χ3v) is 1.39. The van der Waals surface area contributed by atoms with Gasteiger partial charge in [-0.05, 0) is 30.2 Å². The molecule has 0 fully saturated rings. The van der Waals surface area contributed by atoms with Gasteiger partial charge < -0.3 is 0 Å². The van der Waals surface area contributed by atoms with Gasteiger partial charge in [-0.2, -0.15) is 5.26 Å². The molecule has 0 aromatic heterocycles. The first-order valence-electron chi connectivity index (χ1n) is 3.27. The summed E-state index contributed by atoms with van der Waals surface area (Å²) in [6.45, 7) is 2.06. The van der Waals surface area contributed by atoms with E-state index in [1.54, 1.807) is 6.07 Å². The minimum absolute atomic E-state index is 0.694. The van der Waals surface area contributed by atoms with Crippen LogP contribution in [0, 0.1) is 17.4 Å². The highest BCUT2D eigenvalue weighted by atomic mass is 14.2. The van der Waals surface area contributed by atoms with E-state index < -0.39 is 0 Å². The largest absolute Gasteiger partial charge is 0.192 e. The smallest absolute Gasteiger partial charge is 0.0991 e. The fourth-order valence-electron chi connectivity index (χ4n) is 0.790. The second kappa shape index (κ2) is 3.03. The van der Waals surface area contributed by atoms with Crippen LogP contribution in [0.25, 0.3) is 0 Å². The number of rotatable bonds is 1. The first-order chi connectivity index (χ1) is 4.86. The number of nitrogens with zero attached hydrogens (tertiary/aromatic N) is 1. The van der Waals surface area contributed by atoms with E-state index in [2.05, 4.69) is 19.1 Å². The van der Waals surface area contributed by atoms with Gasteiger partial charge in [-0.25, -0.2) is 0 Å². The lowest BCUT2D eigenvalue weighted by atomic mass is 10.1. The summed E-state index contributed by atoms with van der Waals surface area (Å²) in [4.78, 5) is 0. The van der Waals surface area contributed by atoms with E-state index in [4.69, 9.17) is 5.26 Å². The van der Waals surface area contributed by atoms with Crippen molar-refractivity contribution in [2.24, 2.45) is 0 Å². The summed E-state index contributed by atoms with van der Waals surface area (Å²) in [5.41, 5.74) is 1.86. The van der Waals surface area contributed by atoms with Crippen LogP contribution in [-0.4, -0.2) is 0 Å². The summed E-state index contributed by atoms with van der Waals surface area (Å²) in [6.07, 6.45) is 0.964. The van der Waals surface area contributed by atoms with Crippen LogP contribution < -0.4 is 0 Å². The number of aryl methyl sites for hydroxylation is 1. The topological polar surface area (TPSA) is 23.8 Å². The third kappa shape index (κ3) is 1.35. The first kappa shape index (κ1) is 6.82. The van der Waals surface area contributed by atoms with E-state index in [1.165, 1.54) is 5.56 Å². The minimum Gasteiger partial charge on any atom is -0.192 e. The third-order valence-electron chi connectivity index (χ3n) is 1.39. The molecular formula is C9H8N. The summed E-state index contributed by atoms with van der Waals surface area (Å²) in [6, 6.07) is 10.5. The van der Waals surface area contributed by atoms with Crippen LogP contribution in [0.3, 0.4) is 0 Å². The van der Waals surface area contributed by atoms with Crippen molar-refractivity contribution in [1.29, 1.82) is 5.26 Å². The van der Waals surface area contributed by atoms with Gasteiger partial charge in [0.1, 0.15) is 0 Å². The van der Waals surface area contributed by atoms with Crippen LogP contribution in [0.4, 0.5) is 0 Å². The zero-order valence-corrected chi connectivity index (χ0v) is 5.89. The first-order valence-corrected chi connectivity index (χ1v) is 3.27. The Morgan fingerprint density at radius 1 is 1.60 bits per heavy atom. The molecule has 0 amide bonds. The maximum atomic E-state index is 8.49. The molecule has 0 unspecified atom stereocenters. The Labute approximate surface area is 60.9 Å². The molecule has 0 aliphatic heterocycles. The average Bonchev–Trinajstić information content (AvgIpc) is 2.05. The van der Waals surface area contributed by atoms with Gasteiger partial charge in [-0.3, -0.25) is 0 Å². The molecule has 1 heteroatoms. The highest BCUT2D eigenvalue weighted by molar-refractivity contribution is 5.31. The number of nitriles is 1. The van der Waals surface area contributed by atoms with Gasteiger partial charge in [-0.15, -0.1) is 0 Å². The Balaban J connectivity index is 3.01. The molecule has 0 N–H and O–H groups in total. The molecular weight excluding hydrogens is 122 g/mol. The fourth-order valence-corrected chi connectivity index (χ4v) is 0.790. The molecule has 0 atom stereocenters. The highest BCUT2D eigenvalue weighted by Gasteiger charge is 1.90. The molecule has 10 heavy (non-hydrogen) atoms. The predicted molar refractivity (Wildman–Crippen MR) is 39.4 cm³/mol. The SMILES string of the molecule is CCc1c[c]cc(C#N)c1. The molecule has 0 bridgehead atoms. The average molecular weight is 130 g/mol. The molecule has 1 rings (SSSR count). The molecule has 1 radical (unpaired) electrons. The van der Waals surface area contributed by atoms with Gasteiger partial charge in [-0.1, -0.05) is 13.0 Å². The zero-order valence-electron chi connectivity index (χ0n) is 5.89. The van der Waals surface area contributed by atoms with Crippen LogP contribution in [0.1, 0.15) is 18.1 Å². The molecule has 0 saturated heterocycles. The molecule has 0 heterocycles. The van der Waals surface area contributed by atoms with Crippen LogP contribution >= 0.6 is 0 Å². The van der Waals surface area contributed by atoms with Crippen LogP contribution in [-0.2, 0) is 6.42 Å². The van der Waals surface area contributed by atoms with Crippen molar-refractivity contribution in [1.82, 2.24) is 0 Å². The Kier molecular flexibility index (Phi) is 2.07. The van der Waals surface area contributed by atoms with Crippen molar-refractivity contribution in [3.63, 3.8) is 0 Å².